The van der Waals surface area contributed by atoms with E-state index in [0.717, 1.165) is 22.8 Å². The normalized spacial score (nSPS) is 12.3. The lowest BCUT2D eigenvalue weighted by atomic mass is 10.1. The standard InChI is InChI=1S/C24H14F6N4O3/c25-23(26,27)36-15-7-3-6-14(12-15)34-21-16(8-4-10-31-21)20-19(22(34)35)17(32-33-20)11-13-5-1-2-9-18(13)37-24(28,29)30/h1-10,12H,11H2,(H,32,33). The van der Waals surface area contributed by atoms with Gasteiger partial charge in [-0.15, -0.1) is 26.3 Å². The second-order valence-electron chi connectivity index (χ2n) is 7.81. The maximum atomic E-state index is 13.7. The number of rotatable bonds is 5. The average Bonchev–Trinajstić information content (AvgIpc) is 3.23. The van der Waals surface area contributed by atoms with Crippen LogP contribution in [0.2, 0.25) is 0 Å². The summed E-state index contributed by atoms with van der Waals surface area (Å²) in [5.41, 5.74) is -0.0310. The molecular weight excluding hydrogens is 506 g/mol. The van der Waals surface area contributed by atoms with Crippen molar-refractivity contribution in [2.45, 2.75) is 19.1 Å². The summed E-state index contributed by atoms with van der Waals surface area (Å²) in [6.45, 7) is 0. The van der Waals surface area contributed by atoms with Gasteiger partial charge in [-0.1, -0.05) is 24.3 Å². The predicted octanol–water partition coefficient (Wildman–Crippen LogP) is 5.65. The number of nitrogens with zero attached hydrogens (tertiary/aromatic N) is 3. The van der Waals surface area contributed by atoms with E-state index in [2.05, 4.69) is 24.7 Å². The highest BCUT2D eigenvalue weighted by molar-refractivity contribution is 6.03. The number of fused-ring (bicyclic) bond motifs is 3. The molecule has 13 heteroatoms. The monoisotopic (exact) mass is 520 g/mol. The minimum atomic E-state index is -4.95. The van der Waals surface area contributed by atoms with E-state index < -0.39 is 29.8 Å². The summed E-state index contributed by atoms with van der Waals surface area (Å²) in [5, 5.41) is 7.35. The van der Waals surface area contributed by atoms with Gasteiger partial charge in [0, 0.05) is 29.6 Å². The summed E-state index contributed by atoms with van der Waals surface area (Å²) in [5.74, 6) is -1.00. The molecule has 0 spiro atoms. The van der Waals surface area contributed by atoms with Gasteiger partial charge >= 0.3 is 12.7 Å². The van der Waals surface area contributed by atoms with Crippen LogP contribution in [0.25, 0.3) is 27.6 Å². The molecule has 0 saturated heterocycles. The van der Waals surface area contributed by atoms with E-state index in [9.17, 15) is 31.1 Å². The Balaban J connectivity index is 1.70. The van der Waals surface area contributed by atoms with Gasteiger partial charge in [-0.05, 0) is 30.3 Å². The molecule has 0 aliphatic carbocycles. The van der Waals surface area contributed by atoms with Crippen LogP contribution in [0.15, 0.2) is 71.7 Å². The maximum Gasteiger partial charge on any atom is 0.573 e. The summed E-state index contributed by atoms with van der Waals surface area (Å²) in [7, 11) is 0. The lowest BCUT2D eigenvalue weighted by Crippen LogP contribution is -2.21. The molecule has 3 aromatic heterocycles. The number of halogens is 6. The molecule has 7 nitrogen and oxygen atoms in total. The summed E-state index contributed by atoms with van der Waals surface area (Å²) in [4.78, 5) is 17.9. The molecule has 0 amide bonds. The molecule has 2 aromatic carbocycles. The van der Waals surface area contributed by atoms with Crippen molar-refractivity contribution in [3.05, 3.63) is 88.5 Å². The van der Waals surface area contributed by atoms with Gasteiger partial charge in [-0.2, -0.15) is 5.10 Å². The Hall–Kier alpha value is -4.55. The van der Waals surface area contributed by atoms with E-state index in [1.54, 1.807) is 12.1 Å². The number of H-pyrrole nitrogens is 1. The molecule has 37 heavy (non-hydrogen) atoms. The minimum Gasteiger partial charge on any atom is -0.406 e. The third kappa shape index (κ3) is 4.92. The van der Waals surface area contributed by atoms with Crippen LogP contribution in [0.5, 0.6) is 11.5 Å². The van der Waals surface area contributed by atoms with E-state index in [1.807, 2.05) is 0 Å². The van der Waals surface area contributed by atoms with E-state index >= 15 is 0 Å². The van der Waals surface area contributed by atoms with Gasteiger partial charge in [0.05, 0.1) is 22.3 Å². The van der Waals surface area contributed by atoms with Crippen molar-refractivity contribution in [2.24, 2.45) is 0 Å². The minimum absolute atomic E-state index is 0.0319. The summed E-state index contributed by atoms with van der Waals surface area (Å²) < 4.78 is 86.2. The molecule has 0 radical (unpaired) electrons. The van der Waals surface area contributed by atoms with Crippen LogP contribution in [-0.2, 0) is 6.42 Å². The Labute approximate surface area is 202 Å². The quantitative estimate of drug-likeness (QED) is 0.303. The first-order valence-electron chi connectivity index (χ1n) is 10.6. The van der Waals surface area contributed by atoms with E-state index in [-0.39, 0.29) is 39.9 Å². The number of pyridine rings is 2. The van der Waals surface area contributed by atoms with Gasteiger partial charge in [0.25, 0.3) is 5.56 Å². The third-order valence-electron chi connectivity index (χ3n) is 5.39. The highest BCUT2D eigenvalue weighted by Gasteiger charge is 2.33. The number of para-hydroxylation sites is 1. The first-order valence-corrected chi connectivity index (χ1v) is 10.6. The number of hydrogen-bond donors (Lipinski definition) is 1. The van der Waals surface area contributed by atoms with Crippen LogP contribution in [0.1, 0.15) is 11.3 Å². The highest BCUT2D eigenvalue weighted by atomic mass is 19.4. The molecule has 0 saturated carbocycles. The fraction of sp³-hybridized carbons (Fsp3) is 0.125. The van der Waals surface area contributed by atoms with Crippen molar-refractivity contribution in [3.63, 3.8) is 0 Å². The van der Waals surface area contributed by atoms with Crippen molar-refractivity contribution >= 4 is 21.9 Å². The SMILES string of the molecule is O=c1c2c(Cc3ccccc3OC(F)(F)F)n[nH]c2c2cccnc2n1-c1cccc(OC(F)(F)F)c1. The van der Waals surface area contributed by atoms with Gasteiger partial charge < -0.3 is 9.47 Å². The number of aromatic amines is 1. The molecule has 0 unspecified atom stereocenters. The van der Waals surface area contributed by atoms with Gasteiger partial charge in [0.2, 0.25) is 0 Å². The zero-order valence-corrected chi connectivity index (χ0v) is 18.4. The van der Waals surface area contributed by atoms with Gasteiger partial charge in [0.15, 0.2) is 0 Å². The average molecular weight is 520 g/mol. The molecule has 0 atom stereocenters. The zero-order chi connectivity index (χ0) is 26.4. The Bertz CT molecular complexity index is 1670. The second kappa shape index (κ2) is 8.84. The number of benzene rings is 2. The highest BCUT2D eigenvalue weighted by Crippen LogP contribution is 2.31. The first-order chi connectivity index (χ1) is 17.5. The molecule has 0 aliphatic heterocycles. The Morgan fingerprint density at radius 1 is 0.892 bits per heavy atom. The summed E-state index contributed by atoms with van der Waals surface area (Å²) >= 11 is 0. The fourth-order valence-electron chi connectivity index (χ4n) is 4.02. The number of hydrogen-bond acceptors (Lipinski definition) is 5. The fourth-order valence-corrected chi connectivity index (χ4v) is 4.02. The summed E-state index contributed by atoms with van der Waals surface area (Å²) in [6.07, 6.45) is -8.67. The lowest BCUT2D eigenvalue weighted by Gasteiger charge is -2.14. The molecule has 3 heterocycles. The smallest absolute Gasteiger partial charge is 0.406 e. The number of ether oxygens (including phenoxy) is 2. The third-order valence-corrected chi connectivity index (χ3v) is 5.39. The van der Waals surface area contributed by atoms with E-state index in [1.165, 1.54) is 36.5 Å². The molecule has 190 valence electrons. The molecule has 1 N–H and O–H groups in total. The van der Waals surface area contributed by atoms with Crippen molar-refractivity contribution in [3.8, 4) is 17.2 Å². The van der Waals surface area contributed by atoms with Crippen LogP contribution < -0.4 is 15.0 Å². The molecule has 0 bridgehead atoms. The first kappa shape index (κ1) is 24.2. The molecule has 0 aliphatic rings. The molecule has 0 fully saturated rings. The van der Waals surface area contributed by atoms with Crippen molar-refractivity contribution in [1.29, 1.82) is 0 Å². The zero-order valence-electron chi connectivity index (χ0n) is 18.4. The van der Waals surface area contributed by atoms with Gasteiger partial charge in [-0.25, -0.2) is 4.98 Å². The number of aromatic nitrogens is 4. The van der Waals surface area contributed by atoms with E-state index in [4.69, 9.17) is 0 Å². The van der Waals surface area contributed by atoms with Crippen LogP contribution in [-0.4, -0.2) is 32.5 Å². The molecular formula is C24H14F6N4O3. The maximum absolute atomic E-state index is 13.7. The number of alkyl halides is 6. The van der Waals surface area contributed by atoms with Crippen LogP contribution >= 0.6 is 0 Å². The topological polar surface area (TPSA) is 82.0 Å². The van der Waals surface area contributed by atoms with Gasteiger partial charge in [0.1, 0.15) is 17.1 Å². The lowest BCUT2D eigenvalue weighted by molar-refractivity contribution is -0.275. The predicted molar refractivity (Wildman–Crippen MR) is 120 cm³/mol. The van der Waals surface area contributed by atoms with Crippen molar-refractivity contribution in [2.75, 3.05) is 0 Å². The van der Waals surface area contributed by atoms with E-state index in [0.29, 0.717) is 5.39 Å². The molecule has 5 aromatic rings. The second-order valence-corrected chi connectivity index (χ2v) is 7.81. The van der Waals surface area contributed by atoms with Crippen LogP contribution in [0.3, 0.4) is 0 Å². The number of nitrogens with one attached hydrogen (secondary N) is 1. The Kier molecular flexibility index (Phi) is 5.77. The van der Waals surface area contributed by atoms with Crippen molar-refractivity contribution < 1.29 is 35.8 Å². The Morgan fingerprint density at radius 2 is 1.65 bits per heavy atom. The Morgan fingerprint density at radius 3 is 2.41 bits per heavy atom. The molecule has 5 rings (SSSR count). The summed E-state index contributed by atoms with van der Waals surface area (Å²) in [6, 6.07) is 13.4. The van der Waals surface area contributed by atoms with Crippen LogP contribution in [0, 0.1) is 0 Å². The van der Waals surface area contributed by atoms with Crippen molar-refractivity contribution in [1.82, 2.24) is 19.7 Å². The largest absolute Gasteiger partial charge is 0.573 e. The van der Waals surface area contributed by atoms with Gasteiger partial charge in [-0.3, -0.25) is 14.5 Å². The van der Waals surface area contributed by atoms with Crippen LogP contribution in [0.4, 0.5) is 26.3 Å².